The zero-order valence-corrected chi connectivity index (χ0v) is 15.6. The van der Waals surface area contributed by atoms with E-state index in [1.54, 1.807) is 4.90 Å². The van der Waals surface area contributed by atoms with Gasteiger partial charge in [0, 0.05) is 12.6 Å². The smallest absolute Gasteiger partial charge is 0.237 e. The Morgan fingerprint density at radius 1 is 1.31 bits per heavy atom. The number of carbonyl (C=O) groups excluding carboxylic acids is 1. The average Bonchev–Trinajstić information content (AvgIpc) is 3.33. The van der Waals surface area contributed by atoms with Crippen molar-refractivity contribution >= 4 is 5.91 Å². The number of amides is 1. The van der Waals surface area contributed by atoms with E-state index in [1.807, 2.05) is 0 Å². The first-order valence-electron chi connectivity index (χ1n) is 10.5. The van der Waals surface area contributed by atoms with Crippen LogP contribution in [0.15, 0.2) is 11.6 Å². The lowest BCUT2D eigenvalue weighted by atomic mass is 9.75. The van der Waals surface area contributed by atoms with E-state index in [-0.39, 0.29) is 11.9 Å². The van der Waals surface area contributed by atoms with Crippen LogP contribution in [0.2, 0.25) is 0 Å². The molecule has 5 nitrogen and oxygen atoms in total. The monoisotopic (exact) mass is 357 g/mol. The third-order valence-electron chi connectivity index (χ3n) is 7.16. The third-order valence-corrected chi connectivity index (χ3v) is 7.16. The summed E-state index contributed by atoms with van der Waals surface area (Å²) in [6, 6.07) is 2.33. The Morgan fingerprint density at radius 2 is 2.12 bits per heavy atom. The summed E-state index contributed by atoms with van der Waals surface area (Å²) in [4.78, 5) is 14.1. The summed E-state index contributed by atoms with van der Waals surface area (Å²) in [5, 5.41) is 23.7. The minimum absolute atomic E-state index is 0.0544. The van der Waals surface area contributed by atoms with Crippen LogP contribution in [-0.4, -0.2) is 46.7 Å². The fraction of sp³-hybridized carbons (Fsp3) is 0.810. The molecule has 0 bridgehead atoms. The highest BCUT2D eigenvalue weighted by Gasteiger charge is 2.46. The number of fused-ring (bicyclic) bond motifs is 1. The molecular formula is C21H31N3O2. The lowest BCUT2D eigenvalue weighted by Gasteiger charge is -2.35. The van der Waals surface area contributed by atoms with E-state index in [1.165, 1.54) is 37.7 Å². The van der Waals surface area contributed by atoms with E-state index in [2.05, 4.69) is 17.5 Å². The summed E-state index contributed by atoms with van der Waals surface area (Å²) >= 11 is 0. The Bertz CT molecular complexity index is 619. The summed E-state index contributed by atoms with van der Waals surface area (Å²) in [6.07, 6.45) is 12.9. The minimum Gasteiger partial charge on any atom is -0.385 e. The first-order valence-corrected chi connectivity index (χ1v) is 10.5. The van der Waals surface area contributed by atoms with Crippen LogP contribution in [0.5, 0.6) is 0 Å². The molecule has 1 amide bonds. The van der Waals surface area contributed by atoms with Crippen LogP contribution < -0.4 is 5.32 Å². The first-order chi connectivity index (χ1) is 12.6. The van der Waals surface area contributed by atoms with Gasteiger partial charge in [0.25, 0.3) is 0 Å². The highest BCUT2D eigenvalue weighted by molar-refractivity contribution is 5.79. The molecule has 5 heteroatoms. The van der Waals surface area contributed by atoms with E-state index < -0.39 is 5.60 Å². The van der Waals surface area contributed by atoms with Crippen LogP contribution in [0.25, 0.3) is 0 Å². The molecule has 0 spiro atoms. The van der Waals surface area contributed by atoms with Gasteiger partial charge in [0.05, 0.1) is 18.2 Å². The van der Waals surface area contributed by atoms with E-state index in [4.69, 9.17) is 5.26 Å². The lowest BCUT2D eigenvalue weighted by molar-refractivity contribution is -0.130. The molecule has 4 rings (SSSR count). The molecule has 3 aliphatic carbocycles. The topological polar surface area (TPSA) is 76.4 Å². The summed E-state index contributed by atoms with van der Waals surface area (Å²) in [5.41, 5.74) is 0.829. The fourth-order valence-corrected chi connectivity index (χ4v) is 5.77. The van der Waals surface area contributed by atoms with Gasteiger partial charge in [-0.3, -0.25) is 4.79 Å². The maximum Gasteiger partial charge on any atom is 0.237 e. The van der Waals surface area contributed by atoms with Gasteiger partial charge in [-0.25, -0.2) is 0 Å². The van der Waals surface area contributed by atoms with E-state index in [0.29, 0.717) is 31.0 Å². The standard InChI is InChI=1S/C21H31N3O2/c22-13-19-7-4-8-24(19)20(25)14-23-18-9-15-11-21(26,12-16(15)10-18)17-5-2-1-3-6-17/h11,16-19,23,26H,1-10,12,14H2. The van der Waals surface area contributed by atoms with Crippen molar-refractivity contribution in [3.63, 3.8) is 0 Å². The van der Waals surface area contributed by atoms with E-state index >= 15 is 0 Å². The molecule has 2 saturated carbocycles. The van der Waals surface area contributed by atoms with Crippen LogP contribution in [0.4, 0.5) is 0 Å². The molecular weight excluding hydrogens is 326 g/mol. The molecule has 1 heterocycles. The second-order valence-corrected chi connectivity index (χ2v) is 8.84. The molecule has 1 saturated heterocycles. The number of hydrogen-bond acceptors (Lipinski definition) is 4. The van der Waals surface area contributed by atoms with Crippen LogP contribution in [0.1, 0.15) is 64.2 Å². The highest BCUT2D eigenvalue weighted by Crippen LogP contribution is 2.49. The van der Waals surface area contributed by atoms with E-state index in [0.717, 1.165) is 32.1 Å². The molecule has 0 aromatic rings. The van der Waals surface area contributed by atoms with Crippen molar-refractivity contribution < 1.29 is 9.90 Å². The van der Waals surface area contributed by atoms with Crippen LogP contribution in [-0.2, 0) is 4.79 Å². The number of rotatable bonds is 4. The number of aliphatic hydroxyl groups is 1. The van der Waals surface area contributed by atoms with Gasteiger partial charge in [-0.1, -0.05) is 30.9 Å². The van der Waals surface area contributed by atoms with Crippen molar-refractivity contribution in [3.05, 3.63) is 11.6 Å². The summed E-state index contributed by atoms with van der Waals surface area (Å²) in [6.45, 7) is 1.04. The van der Waals surface area contributed by atoms with Gasteiger partial charge < -0.3 is 15.3 Å². The van der Waals surface area contributed by atoms with Gasteiger partial charge in [-0.2, -0.15) is 5.26 Å². The molecule has 142 valence electrons. The van der Waals surface area contributed by atoms with Crippen molar-refractivity contribution in [1.82, 2.24) is 10.2 Å². The zero-order valence-electron chi connectivity index (χ0n) is 15.6. The first kappa shape index (κ1) is 18.0. The molecule has 4 aliphatic rings. The Balaban J connectivity index is 1.29. The summed E-state index contributed by atoms with van der Waals surface area (Å²) in [5.74, 6) is 0.979. The molecule has 2 N–H and O–H groups in total. The second kappa shape index (κ2) is 7.32. The summed E-state index contributed by atoms with van der Waals surface area (Å²) in [7, 11) is 0. The predicted molar refractivity (Wildman–Crippen MR) is 99.1 cm³/mol. The molecule has 3 fully saturated rings. The van der Waals surface area contributed by atoms with Crippen LogP contribution >= 0.6 is 0 Å². The Hall–Kier alpha value is -1.38. The van der Waals surface area contributed by atoms with Crippen molar-refractivity contribution in [2.75, 3.05) is 13.1 Å². The number of carbonyl (C=O) groups is 1. The normalized spacial score (nSPS) is 37.5. The average molecular weight is 357 g/mol. The molecule has 4 atom stereocenters. The lowest BCUT2D eigenvalue weighted by Crippen LogP contribution is -2.43. The van der Waals surface area contributed by atoms with Gasteiger partial charge in [0.2, 0.25) is 5.91 Å². The number of likely N-dealkylation sites (tertiary alicyclic amines) is 1. The Kier molecular flexibility index (Phi) is 5.07. The highest BCUT2D eigenvalue weighted by atomic mass is 16.3. The van der Waals surface area contributed by atoms with Crippen LogP contribution in [0, 0.1) is 23.2 Å². The zero-order chi connectivity index (χ0) is 18.1. The fourth-order valence-electron chi connectivity index (χ4n) is 5.77. The number of hydrogen-bond donors (Lipinski definition) is 2. The van der Waals surface area contributed by atoms with E-state index in [9.17, 15) is 9.90 Å². The van der Waals surface area contributed by atoms with Gasteiger partial charge in [0.1, 0.15) is 6.04 Å². The Morgan fingerprint density at radius 3 is 2.85 bits per heavy atom. The maximum atomic E-state index is 12.4. The maximum absolute atomic E-state index is 12.4. The number of nitrogens with zero attached hydrogens (tertiary/aromatic N) is 2. The van der Waals surface area contributed by atoms with Gasteiger partial charge in [-0.05, 0) is 56.8 Å². The number of nitrogens with one attached hydrogen (secondary N) is 1. The summed E-state index contributed by atoms with van der Waals surface area (Å²) < 4.78 is 0. The second-order valence-electron chi connectivity index (χ2n) is 8.84. The van der Waals surface area contributed by atoms with Crippen molar-refractivity contribution in [3.8, 4) is 6.07 Å². The third kappa shape index (κ3) is 3.42. The van der Waals surface area contributed by atoms with Crippen molar-refractivity contribution in [2.45, 2.75) is 81.9 Å². The largest absolute Gasteiger partial charge is 0.385 e. The molecule has 1 aliphatic heterocycles. The molecule has 0 radical (unpaired) electrons. The van der Waals surface area contributed by atoms with Crippen molar-refractivity contribution in [1.29, 1.82) is 5.26 Å². The minimum atomic E-state index is -0.573. The SMILES string of the molecule is N#CC1CCCN1C(=O)CNC1CC2=CC(O)(C3CCCCC3)CC2C1. The quantitative estimate of drug-likeness (QED) is 0.758. The van der Waals surface area contributed by atoms with Gasteiger partial charge >= 0.3 is 0 Å². The predicted octanol–water partition coefficient (Wildman–Crippen LogP) is 2.51. The molecule has 0 aromatic heterocycles. The molecule has 0 aromatic carbocycles. The number of nitriles is 1. The van der Waals surface area contributed by atoms with Crippen molar-refractivity contribution in [2.24, 2.45) is 11.8 Å². The molecule has 26 heavy (non-hydrogen) atoms. The van der Waals surface area contributed by atoms with Gasteiger partial charge in [0.15, 0.2) is 0 Å². The van der Waals surface area contributed by atoms with Crippen LogP contribution in [0.3, 0.4) is 0 Å². The van der Waals surface area contributed by atoms with Gasteiger partial charge in [-0.15, -0.1) is 0 Å². The Labute approximate surface area is 156 Å². The molecule has 4 unspecified atom stereocenters.